The van der Waals surface area contributed by atoms with E-state index < -0.39 is 0 Å². The van der Waals surface area contributed by atoms with Crippen LogP contribution in [0.15, 0.2) is 17.6 Å². The molecule has 8 heavy (non-hydrogen) atoms. The topological polar surface area (TPSA) is 38.4 Å². The third-order valence-corrected chi connectivity index (χ3v) is 0.908. The third-order valence-electron chi connectivity index (χ3n) is 0.619. The quantitative estimate of drug-likeness (QED) is 0.296. The fourth-order valence-electron chi connectivity index (χ4n) is 0.222. The van der Waals surface area contributed by atoms with Crippen LogP contribution < -0.4 is 5.73 Å². The zero-order valence-electron chi connectivity index (χ0n) is 4.55. The Bertz CT molecular complexity index is 90.4. The van der Waals surface area contributed by atoms with Gasteiger partial charge in [-0.25, -0.2) is 0 Å². The van der Waals surface area contributed by atoms with Crippen LogP contribution in [0.5, 0.6) is 0 Å². The van der Waals surface area contributed by atoms with Crippen LogP contribution in [-0.2, 0) is 0 Å². The van der Waals surface area contributed by atoms with E-state index in [1.165, 1.54) is 0 Å². The first-order chi connectivity index (χ1) is 3.81. The maximum absolute atomic E-state index is 5.37. The van der Waals surface area contributed by atoms with Gasteiger partial charge in [0.2, 0.25) is 0 Å². The fourth-order valence-corrected chi connectivity index (χ4v) is 0.390. The molecule has 0 rings (SSSR count). The van der Waals surface area contributed by atoms with Crippen molar-refractivity contribution in [2.45, 2.75) is 6.04 Å². The number of aliphatic imine (C=N–C) groups is 1. The van der Waals surface area contributed by atoms with Crippen LogP contribution >= 0.6 is 15.9 Å². The second-order valence-electron chi connectivity index (χ2n) is 1.26. The number of nitrogens with zero attached hydrogens (tertiary/aromatic N) is 1. The first-order valence-corrected chi connectivity index (χ1v) is 3.37. The maximum atomic E-state index is 5.37. The van der Waals surface area contributed by atoms with Crippen molar-refractivity contribution >= 4 is 22.1 Å². The van der Waals surface area contributed by atoms with Gasteiger partial charge in [0.25, 0.3) is 0 Å². The van der Waals surface area contributed by atoms with Crippen molar-refractivity contribution in [1.29, 1.82) is 0 Å². The van der Waals surface area contributed by atoms with Gasteiger partial charge in [0.15, 0.2) is 0 Å². The summed E-state index contributed by atoms with van der Waals surface area (Å²) >= 11 is 3.12. The summed E-state index contributed by atoms with van der Waals surface area (Å²) in [5.41, 5.74) is 5.98. The van der Waals surface area contributed by atoms with Crippen LogP contribution in [0.25, 0.3) is 0 Å². The molecule has 1 atom stereocenters. The van der Waals surface area contributed by atoms with Crippen molar-refractivity contribution in [2.24, 2.45) is 10.7 Å². The van der Waals surface area contributed by atoms with E-state index in [1.807, 2.05) is 0 Å². The Labute approximate surface area is 57.6 Å². The van der Waals surface area contributed by atoms with Gasteiger partial charge in [0, 0.05) is 6.21 Å². The SMILES string of the molecule is C=CC(N)/C=N\CBr. The molecule has 0 bridgehead atoms. The third kappa shape index (κ3) is 4.02. The lowest BCUT2D eigenvalue weighted by molar-refractivity contribution is 1.10. The average molecular weight is 177 g/mol. The number of hydrogen-bond acceptors (Lipinski definition) is 2. The molecule has 0 heterocycles. The Morgan fingerprint density at radius 3 is 2.88 bits per heavy atom. The lowest BCUT2D eigenvalue weighted by Crippen LogP contribution is -2.17. The van der Waals surface area contributed by atoms with E-state index >= 15 is 0 Å². The van der Waals surface area contributed by atoms with Crippen molar-refractivity contribution in [3.63, 3.8) is 0 Å². The Morgan fingerprint density at radius 2 is 2.50 bits per heavy atom. The lowest BCUT2D eigenvalue weighted by Gasteiger charge is -1.91. The van der Waals surface area contributed by atoms with Crippen LogP contribution in [0.1, 0.15) is 0 Å². The smallest absolute Gasteiger partial charge is 0.0937 e. The molecular formula is C5H9BrN2. The molecule has 0 fully saturated rings. The summed E-state index contributed by atoms with van der Waals surface area (Å²) in [7, 11) is 0. The van der Waals surface area contributed by atoms with Gasteiger partial charge in [0.05, 0.1) is 11.5 Å². The van der Waals surface area contributed by atoms with E-state index in [1.54, 1.807) is 12.3 Å². The number of rotatable bonds is 3. The molecule has 0 aromatic carbocycles. The van der Waals surface area contributed by atoms with Gasteiger partial charge in [-0.15, -0.1) is 6.58 Å². The summed E-state index contributed by atoms with van der Waals surface area (Å²) in [6, 6.07) is -0.104. The normalized spacial score (nSPS) is 14.2. The van der Waals surface area contributed by atoms with E-state index in [2.05, 4.69) is 27.5 Å². The zero-order valence-corrected chi connectivity index (χ0v) is 6.13. The predicted molar refractivity (Wildman–Crippen MR) is 40.5 cm³/mol. The number of nitrogens with two attached hydrogens (primary N) is 1. The van der Waals surface area contributed by atoms with Gasteiger partial charge in [-0.2, -0.15) is 0 Å². The van der Waals surface area contributed by atoms with Gasteiger partial charge in [-0.05, 0) is 0 Å². The Hall–Kier alpha value is -0.150. The van der Waals surface area contributed by atoms with E-state index in [9.17, 15) is 0 Å². The van der Waals surface area contributed by atoms with Crippen molar-refractivity contribution in [2.75, 3.05) is 5.45 Å². The fraction of sp³-hybridized carbons (Fsp3) is 0.400. The van der Waals surface area contributed by atoms with Crippen LogP contribution in [0.2, 0.25) is 0 Å². The molecule has 2 nitrogen and oxygen atoms in total. The summed E-state index contributed by atoms with van der Waals surface area (Å²) in [4.78, 5) is 3.84. The lowest BCUT2D eigenvalue weighted by atomic mass is 10.3. The van der Waals surface area contributed by atoms with E-state index in [0.29, 0.717) is 5.45 Å². The molecule has 0 radical (unpaired) electrons. The molecular weight excluding hydrogens is 168 g/mol. The summed E-state index contributed by atoms with van der Waals surface area (Å²) < 4.78 is 0. The number of halogens is 1. The van der Waals surface area contributed by atoms with Gasteiger partial charge in [-0.3, -0.25) is 4.99 Å². The van der Waals surface area contributed by atoms with Gasteiger partial charge < -0.3 is 5.73 Å². The molecule has 0 spiro atoms. The Morgan fingerprint density at radius 1 is 1.88 bits per heavy atom. The first-order valence-electron chi connectivity index (χ1n) is 2.25. The van der Waals surface area contributed by atoms with Crippen LogP contribution in [-0.4, -0.2) is 17.7 Å². The average Bonchev–Trinajstić information content (AvgIpc) is 1.83. The molecule has 0 aliphatic rings. The largest absolute Gasteiger partial charge is 0.320 e. The van der Waals surface area contributed by atoms with Gasteiger partial charge in [0.1, 0.15) is 0 Å². The Kier molecular flexibility index (Phi) is 4.90. The highest BCUT2D eigenvalue weighted by molar-refractivity contribution is 9.09. The summed E-state index contributed by atoms with van der Waals surface area (Å²) in [5, 5.41) is 0. The van der Waals surface area contributed by atoms with Crippen LogP contribution in [0.3, 0.4) is 0 Å². The van der Waals surface area contributed by atoms with Gasteiger partial charge in [-0.1, -0.05) is 22.0 Å². The standard InChI is InChI=1S/C5H9BrN2/c1-2-5(7)3-8-4-6/h2-3,5H,1,4,7H2/b8-3-. The summed E-state index contributed by atoms with van der Waals surface area (Å²) in [6.45, 7) is 3.48. The second-order valence-corrected chi connectivity index (χ2v) is 1.77. The highest BCUT2D eigenvalue weighted by Gasteiger charge is 1.84. The molecule has 0 aromatic heterocycles. The van der Waals surface area contributed by atoms with Gasteiger partial charge >= 0.3 is 0 Å². The summed E-state index contributed by atoms with van der Waals surface area (Å²) in [6.07, 6.45) is 3.27. The predicted octanol–water partition coefficient (Wildman–Crippen LogP) is 0.923. The number of hydrogen-bond donors (Lipinski definition) is 1. The monoisotopic (exact) mass is 176 g/mol. The van der Waals surface area contributed by atoms with Crippen LogP contribution in [0.4, 0.5) is 0 Å². The van der Waals surface area contributed by atoms with Crippen molar-refractivity contribution in [3.05, 3.63) is 12.7 Å². The second kappa shape index (κ2) is 5.00. The molecule has 2 N–H and O–H groups in total. The minimum Gasteiger partial charge on any atom is -0.320 e. The first kappa shape index (κ1) is 7.85. The molecule has 0 aliphatic heterocycles. The molecule has 0 saturated carbocycles. The van der Waals surface area contributed by atoms with Crippen molar-refractivity contribution in [3.8, 4) is 0 Å². The minimum atomic E-state index is -0.104. The molecule has 0 saturated heterocycles. The van der Waals surface area contributed by atoms with E-state index in [0.717, 1.165) is 0 Å². The Balaban J connectivity index is 3.35. The zero-order chi connectivity index (χ0) is 6.41. The molecule has 0 aromatic rings. The van der Waals surface area contributed by atoms with Crippen molar-refractivity contribution in [1.82, 2.24) is 0 Å². The maximum Gasteiger partial charge on any atom is 0.0937 e. The highest BCUT2D eigenvalue weighted by Crippen LogP contribution is 1.79. The molecule has 1 unspecified atom stereocenters. The highest BCUT2D eigenvalue weighted by atomic mass is 79.9. The molecule has 46 valence electrons. The van der Waals surface area contributed by atoms with Crippen molar-refractivity contribution < 1.29 is 0 Å². The van der Waals surface area contributed by atoms with E-state index in [4.69, 9.17) is 5.73 Å². The molecule has 0 aliphatic carbocycles. The molecule has 0 amide bonds. The minimum absolute atomic E-state index is 0.104. The molecule has 3 heteroatoms. The number of alkyl halides is 1. The summed E-state index contributed by atoms with van der Waals surface area (Å²) in [5.74, 6) is 0. The van der Waals surface area contributed by atoms with Crippen LogP contribution in [0, 0.1) is 0 Å². The van der Waals surface area contributed by atoms with E-state index in [-0.39, 0.29) is 6.04 Å².